The molecule has 6 aromatic rings. The number of fused-ring (bicyclic) bond motifs is 1. The Morgan fingerprint density at radius 1 is 0.885 bits per heavy atom. The topological polar surface area (TPSA) is 139 Å². The Kier molecular flexibility index (Phi) is 9.24. The molecule has 3 aromatic heterocycles. The van der Waals surface area contributed by atoms with Gasteiger partial charge in [-0.05, 0) is 48.9 Å². The van der Waals surface area contributed by atoms with Crippen LogP contribution >= 0.6 is 0 Å². The fourth-order valence-electron chi connectivity index (χ4n) is 5.68. The van der Waals surface area contributed by atoms with Crippen LogP contribution in [-0.2, 0) is 12.0 Å². The zero-order valence-electron chi connectivity index (χ0n) is 29.2. The number of likely N-dealkylation sites (tertiary alicyclic amines) is 1. The summed E-state index contributed by atoms with van der Waals surface area (Å²) in [5.41, 5.74) is 4.24. The lowest BCUT2D eigenvalue weighted by atomic mass is 9.92. The van der Waals surface area contributed by atoms with Crippen molar-refractivity contribution in [1.29, 1.82) is 0 Å². The maximum Gasteiger partial charge on any atom is 0.324 e. The number of carbonyl (C=O) groups excluding carboxylic acids is 2. The number of urea groups is 1. The number of anilines is 4. The second kappa shape index (κ2) is 14.1. The van der Waals surface area contributed by atoms with Gasteiger partial charge >= 0.3 is 6.03 Å². The molecule has 0 unspecified atom stereocenters. The van der Waals surface area contributed by atoms with Crippen LogP contribution in [0.25, 0.3) is 16.5 Å². The monoisotopic (exact) mass is 699 g/mol. The van der Waals surface area contributed by atoms with Crippen LogP contribution < -0.4 is 20.7 Å². The predicted molar refractivity (Wildman–Crippen MR) is 198 cm³/mol. The molecule has 1 fully saturated rings. The normalized spacial score (nSPS) is 13.1. The van der Waals surface area contributed by atoms with E-state index in [0.29, 0.717) is 28.9 Å². The Balaban J connectivity index is 1.02. The molecule has 0 aliphatic carbocycles. The van der Waals surface area contributed by atoms with Crippen LogP contribution in [-0.4, -0.2) is 60.8 Å². The Bertz CT molecular complexity index is 2240. The fraction of sp³-hybridized carbons (Fsp3) is 0.231. The molecule has 264 valence electrons. The van der Waals surface area contributed by atoms with Crippen molar-refractivity contribution in [2.75, 3.05) is 29.0 Å². The SMILES string of the molecule is Cc1ccc(-n2nc(C(C)(C)C)cc2NC(=O)Nc2ccc(OCc3ccnc(Nc4cnc(C(=O)N5CC(F)C5)cn4)c3)c3ccccc23)cc1. The number of benzene rings is 3. The van der Waals surface area contributed by atoms with Crippen molar-refractivity contribution in [1.82, 2.24) is 29.6 Å². The van der Waals surface area contributed by atoms with Crippen LogP contribution in [0.15, 0.2) is 97.5 Å². The molecule has 1 aliphatic rings. The molecule has 52 heavy (non-hydrogen) atoms. The minimum absolute atomic E-state index is 0.0784. The molecule has 4 heterocycles. The minimum Gasteiger partial charge on any atom is -0.488 e. The number of ether oxygens (including phenoxy) is 1. The van der Waals surface area contributed by atoms with Crippen molar-refractivity contribution in [2.45, 2.75) is 45.9 Å². The first-order valence-corrected chi connectivity index (χ1v) is 16.9. The molecule has 3 aromatic carbocycles. The summed E-state index contributed by atoms with van der Waals surface area (Å²) in [5, 5.41) is 15.6. The number of alkyl halides is 1. The third-order valence-corrected chi connectivity index (χ3v) is 8.60. The number of hydrogen-bond donors (Lipinski definition) is 3. The number of nitrogens with one attached hydrogen (secondary N) is 3. The smallest absolute Gasteiger partial charge is 0.324 e. The number of pyridine rings is 1. The first kappa shape index (κ1) is 34.1. The van der Waals surface area contributed by atoms with Crippen molar-refractivity contribution in [3.05, 3.63) is 120 Å². The van der Waals surface area contributed by atoms with Gasteiger partial charge in [-0.3, -0.25) is 10.1 Å². The molecule has 13 heteroatoms. The maximum atomic E-state index is 13.4. The highest BCUT2D eigenvalue weighted by Crippen LogP contribution is 2.33. The molecule has 0 bridgehead atoms. The average Bonchev–Trinajstić information content (AvgIpc) is 3.55. The zero-order valence-corrected chi connectivity index (χ0v) is 29.2. The van der Waals surface area contributed by atoms with E-state index in [1.165, 1.54) is 17.3 Å². The minimum atomic E-state index is -0.982. The largest absolute Gasteiger partial charge is 0.488 e. The van der Waals surface area contributed by atoms with Gasteiger partial charge in [-0.25, -0.2) is 28.8 Å². The number of aromatic nitrogens is 5. The summed E-state index contributed by atoms with van der Waals surface area (Å²) in [7, 11) is 0. The van der Waals surface area contributed by atoms with Crippen LogP contribution in [0.1, 0.15) is 48.1 Å². The molecule has 12 nitrogen and oxygen atoms in total. The van der Waals surface area contributed by atoms with E-state index in [1.54, 1.807) is 10.9 Å². The quantitative estimate of drug-likeness (QED) is 0.140. The van der Waals surface area contributed by atoms with E-state index >= 15 is 0 Å². The van der Waals surface area contributed by atoms with Gasteiger partial charge in [0.2, 0.25) is 0 Å². The fourth-order valence-corrected chi connectivity index (χ4v) is 5.68. The maximum absolute atomic E-state index is 13.4. The summed E-state index contributed by atoms with van der Waals surface area (Å²) < 4.78 is 21.2. The zero-order chi connectivity index (χ0) is 36.4. The van der Waals surface area contributed by atoms with Crippen molar-refractivity contribution in [3.8, 4) is 11.4 Å². The number of carbonyl (C=O) groups is 2. The van der Waals surface area contributed by atoms with Gasteiger partial charge in [0.05, 0.1) is 42.6 Å². The summed E-state index contributed by atoms with van der Waals surface area (Å²) in [6, 6.07) is 24.5. The third kappa shape index (κ3) is 7.53. The number of nitrogens with zero attached hydrogens (tertiary/aromatic N) is 6. The van der Waals surface area contributed by atoms with E-state index in [1.807, 2.05) is 85.8 Å². The summed E-state index contributed by atoms with van der Waals surface area (Å²) >= 11 is 0. The molecule has 3 amide bonds. The van der Waals surface area contributed by atoms with Gasteiger partial charge in [-0.2, -0.15) is 5.10 Å². The first-order valence-electron chi connectivity index (χ1n) is 16.9. The van der Waals surface area contributed by atoms with E-state index in [0.717, 1.165) is 33.3 Å². The lowest BCUT2D eigenvalue weighted by molar-refractivity contribution is 0.0394. The summed E-state index contributed by atoms with van der Waals surface area (Å²) in [6.45, 7) is 8.68. The van der Waals surface area contributed by atoms with Gasteiger partial charge in [-0.1, -0.05) is 62.7 Å². The standard InChI is InChI=1S/C39H38FN9O3/c1-24-9-11-27(12-10-24)49-36(18-33(47-49)39(2,3)4)46-38(51)44-30-13-14-32(29-8-6-5-7-28(29)30)52-23-25-15-16-41-34(17-25)45-35-20-42-31(19-43-35)37(50)48-21-26(40)22-48/h5-20,26H,21-23H2,1-4H3,(H,41,43,45)(H2,44,46,51). The lowest BCUT2D eigenvalue weighted by Gasteiger charge is -2.33. The molecular formula is C39H38FN9O3. The highest BCUT2D eigenvalue weighted by Gasteiger charge is 2.31. The van der Waals surface area contributed by atoms with Crippen LogP contribution in [0.2, 0.25) is 0 Å². The van der Waals surface area contributed by atoms with E-state index in [-0.39, 0.29) is 36.7 Å². The van der Waals surface area contributed by atoms with E-state index in [2.05, 4.69) is 51.7 Å². The molecule has 0 saturated carbocycles. The van der Waals surface area contributed by atoms with Crippen molar-refractivity contribution >= 4 is 45.9 Å². The lowest BCUT2D eigenvalue weighted by Crippen LogP contribution is -2.51. The molecule has 0 spiro atoms. The van der Waals surface area contributed by atoms with Gasteiger partial charge in [0.25, 0.3) is 5.91 Å². The number of halogens is 1. The van der Waals surface area contributed by atoms with Gasteiger partial charge in [0.15, 0.2) is 0 Å². The van der Waals surface area contributed by atoms with Crippen molar-refractivity contribution < 1.29 is 18.7 Å². The average molecular weight is 700 g/mol. The summed E-state index contributed by atoms with van der Waals surface area (Å²) in [6.07, 6.45) is 3.47. The van der Waals surface area contributed by atoms with Gasteiger partial charge in [-0.15, -0.1) is 0 Å². The van der Waals surface area contributed by atoms with E-state index < -0.39 is 12.2 Å². The van der Waals surface area contributed by atoms with Crippen LogP contribution in [0.3, 0.4) is 0 Å². The second-order valence-corrected chi connectivity index (χ2v) is 13.7. The Labute approximate surface area is 300 Å². The number of rotatable bonds is 9. The first-order chi connectivity index (χ1) is 25.0. The number of hydrogen-bond acceptors (Lipinski definition) is 8. The predicted octanol–water partition coefficient (Wildman–Crippen LogP) is 7.58. The second-order valence-electron chi connectivity index (χ2n) is 13.7. The Morgan fingerprint density at radius 2 is 1.65 bits per heavy atom. The van der Waals surface area contributed by atoms with E-state index in [9.17, 15) is 14.0 Å². The van der Waals surface area contributed by atoms with Crippen molar-refractivity contribution in [2.24, 2.45) is 0 Å². The molecule has 0 atom stereocenters. The highest BCUT2D eigenvalue weighted by molar-refractivity contribution is 6.07. The van der Waals surface area contributed by atoms with Crippen LogP contribution in [0.4, 0.5) is 32.3 Å². The van der Waals surface area contributed by atoms with Gasteiger partial charge < -0.3 is 20.3 Å². The van der Waals surface area contributed by atoms with Gasteiger partial charge in [0.1, 0.15) is 41.7 Å². The molecule has 7 rings (SSSR count). The van der Waals surface area contributed by atoms with Gasteiger partial charge in [0, 0.05) is 28.5 Å². The number of aryl methyl sites for hydroxylation is 1. The summed E-state index contributed by atoms with van der Waals surface area (Å²) in [5.74, 6) is 1.78. The van der Waals surface area contributed by atoms with Crippen molar-refractivity contribution in [3.63, 3.8) is 0 Å². The molecular weight excluding hydrogens is 661 g/mol. The third-order valence-electron chi connectivity index (χ3n) is 8.60. The molecule has 1 saturated heterocycles. The molecule has 0 radical (unpaired) electrons. The highest BCUT2D eigenvalue weighted by atomic mass is 19.1. The van der Waals surface area contributed by atoms with E-state index in [4.69, 9.17) is 9.84 Å². The number of amides is 3. The summed E-state index contributed by atoms with van der Waals surface area (Å²) in [4.78, 5) is 40.0. The Morgan fingerprint density at radius 3 is 2.37 bits per heavy atom. The van der Waals surface area contributed by atoms with Crippen LogP contribution in [0, 0.1) is 6.92 Å². The Hall–Kier alpha value is -6.37. The van der Waals surface area contributed by atoms with Crippen LogP contribution in [0.5, 0.6) is 5.75 Å². The molecule has 3 N–H and O–H groups in total. The molecule has 1 aliphatic heterocycles.